The molecule has 0 aliphatic carbocycles. The molecule has 0 unspecified atom stereocenters. The van der Waals surface area contributed by atoms with Crippen molar-refractivity contribution in [2.24, 2.45) is 0 Å². The van der Waals surface area contributed by atoms with Gasteiger partial charge >= 0.3 is 5.97 Å². The van der Waals surface area contributed by atoms with Gasteiger partial charge in [0.2, 0.25) is 0 Å². The van der Waals surface area contributed by atoms with E-state index < -0.39 is 0 Å². The molecule has 0 aromatic rings. The Morgan fingerprint density at radius 2 is 2.00 bits per heavy atom. The molecule has 0 aliphatic rings. The minimum atomic E-state index is -0.156. The van der Waals surface area contributed by atoms with E-state index in [2.05, 4.69) is 6.92 Å². The highest BCUT2D eigenvalue weighted by Crippen LogP contribution is 1.92. The van der Waals surface area contributed by atoms with Gasteiger partial charge in [-0.2, -0.15) is 0 Å². The Kier molecular flexibility index (Phi) is 8.12. The summed E-state index contributed by atoms with van der Waals surface area (Å²) >= 11 is 0. The number of hydrogen-bond acceptors (Lipinski definition) is 3. The van der Waals surface area contributed by atoms with Crippen LogP contribution in [-0.2, 0) is 14.3 Å². The standard InChI is InChI=1S/C9H18O3/c1-3-5-7-12-9(10)6-8-11-4-2/h3-8H2,1-2H3. The van der Waals surface area contributed by atoms with Gasteiger partial charge in [0.15, 0.2) is 0 Å². The summed E-state index contributed by atoms with van der Waals surface area (Å²) in [5.41, 5.74) is 0. The normalized spacial score (nSPS) is 9.83. The van der Waals surface area contributed by atoms with Crippen molar-refractivity contribution in [3.8, 4) is 0 Å². The van der Waals surface area contributed by atoms with Crippen molar-refractivity contribution in [3.63, 3.8) is 0 Å². The van der Waals surface area contributed by atoms with Crippen molar-refractivity contribution in [3.05, 3.63) is 0 Å². The van der Waals surface area contributed by atoms with Gasteiger partial charge in [-0.25, -0.2) is 0 Å². The fraction of sp³-hybridized carbons (Fsp3) is 0.889. The maximum Gasteiger partial charge on any atom is 0.308 e. The van der Waals surface area contributed by atoms with Gasteiger partial charge in [0.25, 0.3) is 0 Å². The summed E-state index contributed by atoms with van der Waals surface area (Å²) in [6.07, 6.45) is 2.37. The maximum absolute atomic E-state index is 10.9. The Balaban J connectivity index is 3.10. The van der Waals surface area contributed by atoms with Crippen LogP contribution in [0.15, 0.2) is 0 Å². The van der Waals surface area contributed by atoms with Gasteiger partial charge in [0.1, 0.15) is 0 Å². The van der Waals surface area contributed by atoms with Gasteiger partial charge in [0, 0.05) is 6.61 Å². The van der Waals surface area contributed by atoms with E-state index in [0.717, 1.165) is 12.8 Å². The molecule has 0 bridgehead atoms. The van der Waals surface area contributed by atoms with Crippen LogP contribution in [0.1, 0.15) is 33.1 Å². The average Bonchev–Trinajstić information content (AvgIpc) is 2.06. The van der Waals surface area contributed by atoms with Crippen LogP contribution >= 0.6 is 0 Å². The van der Waals surface area contributed by atoms with Gasteiger partial charge < -0.3 is 9.47 Å². The van der Waals surface area contributed by atoms with Crippen LogP contribution in [0.2, 0.25) is 0 Å². The first-order valence-corrected chi connectivity index (χ1v) is 4.54. The predicted molar refractivity (Wildman–Crippen MR) is 47.0 cm³/mol. The lowest BCUT2D eigenvalue weighted by molar-refractivity contribution is -0.144. The van der Waals surface area contributed by atoms with E-state index in [1.54, 1.807) is 0 Å². The van der Waals surface area contributed by atoms with E-state index in [-0.39, 0.29) is 5.97 Å². The Hall–Kier alpha value is -0.570. The third-order valence-electron chi connectivity index (χ3n) is 1.42. The summed E-state index contributed by atoms with van der Waals surface area (Å²) in [6, 6.07) is 0. The molecule has 12 heavy (non-hydrogen) atoms. The SMILES string of the molecule is CCCCOC(=O)CCOCC. The Bertz CT molecular complexity index is 100. The molecule has 3 nitrogen and oxygen atoms in total. The lowest BCUT2D eigenvalue weighted by Gasteiger charge is -2.03. The Morgan fingerprint density at radius 3 is 2.58 bits per heavy atom. The zero-order valence-electron chi connectivity index (χ0n) is 7.97. The molecule has 0 amide bonds. The van der Waals surface area contributed by atoms with Crippen LogP contribution in [0.5, 0.6) is 0 Å². The second-order valence-electron chi connectivity index (χ2n) is 2.52. The molecule has 3 heteroatoms. The van der Waals surface area contributed by atoms with Crippen LogP contribution in [0.4, 0.5) is 0 Å². The number of carbonyl (C=O) groups is 1. The smallest absolute Gasteiger partial charge is 0.308 e. The number of unbranched alkanes of at least 4 members (excludes halogenated alkanes) is 1. The third-order valence-corrected chi connectivity index (χ3v) is 1.42. The first kappa shape index (κ1) is 11.4. The number of carbonyl (C=O) groups excluding carboxylic acids is 1. The number of esters is 1. The van der Waals surface area contributed by atoms with E-state index in [1.165, 1.54) is 0 Å². The lowest BCUT2D eigenvalue weighted by atomic mass is 10.4. The number of ether oxygens (including phenoxy) is 2. The Morgan fingerprint density at radius 1 is 1.25 bits per heavy atom. The van der Waals surface area contributed by atoms with Gasteiger partial charge in [-0.3, -0.25) is 4.79 Å². The van der Waals surface area contributed by atoms with Crippen LogP contribution in [0, 0.1) is 0 Å². The molecular weight excluding hydrogens is 156 g/mol. The molecule has 0 radical (unpaired) electrons. The van der Waals surface area contributed by atoms with Crippen molar-refractivity contribution in [2.75, 3.05) is 19.8 Å². The molecule has 0 saturated carbocycles. The molecule has 0 atom stereocenters. The van der Waals surface area contributed by atoms with E-state index in [1.807, 2.05) is 6.92 Å². The second-order valence-corrected chi connectivity index (χ2v) is 2.52. The van der Waals surface area contributed by atoms with Crippen LogP contribution < -0.4 is 0 Å². The molecular formula is C9H18O3. The zero-order valence-corrected chi connectivity index (χ0v) is 7.97. The minimum Gasteiger partial charge on any atom is -0.466 e. The quantitative estimate of drug-likeness (QED) is 0.436. The zero-order chi connectivity index (χ0) is 9.23. The summed E-state index contributed by atoms with van der Waals surface area (Å²) in [5.74, 6) is -0.156. The van der Waals surface area contributed by atoms with E-state index in [9.17, 15) is 4.79 Å². The largest absolute Gasteiger partial charge is 0.466 e. The first-order valence-electron chi connectivity index (χ1n) is 4.54. The predicted octanol–water partition coefficient (Wildman–Crippen LogP) is 1.76. The summed E-state index contributed by atoms with van der Waals surface area (Å²) in [7, 11) is 0. The monoisotopic (exact) mass is 174 g/mol. The molecule has 0 N–H and O–H groups in total. The fourth-order valence-electron chi connectivity index (χ4n) is 0.702. The average molecular weight is 174 g/mol. The van der Waals surface area contributed by atoms with Crippen LogP contribution in [0.25, 0.3) is 0 Å². The van der Waals surface area contributed by atoms with Crippen molar-refractivity contribution in [2.45, 2.75) is 33.1 Å². The summed E-state index contributed by atoms with van der Waals surface area (Å²) in [4.78, 5) is 10.9. The molecule has 0 fully saturated rings. The van der Waals surface area contributed by atoms with E-state index in [4.69, 9.17) is 9.47 Å². The number of hydrogen-bond donors (Lipinski definition) is 0. The fourth-order valence-corrected chi connectivity index (χ4v) is 0.702. The highest BCUT2D eigenvalue weighted by atomic mass is 16.5. The van der Waals surface area contributed by atoms with Crippen molar-refractivity contribution in [1.29, 1.82) is 0 Å². The molecule has 0 aliphatic heterocycles. The minimum absolute atomic E-state index is 0.156. The van der Waals surface area contributed by atoms with Gasteiger partial charge in [-0.15, -0.1) is 0 Å². The third kappa shape index (κ3) is 7.54. The molecule has 0 rings (SSSR count). The van der Waals surface area contributed by atoms with Gasteiger partial charge in [-0.1, -0.05) is 13.3 Å². The van der Waals surface area contributed by atoms with Gasteiger partial charge in [-0.05, 0) is 13.3 Å². The first-order chi connectivity index (χ1) is 5.81. The van der Waals surface area contributed by atoms with Crippen molar-refractivity contribution in [1.82, 2.24) is 0 Å². The summed E-state index contributed by atoms with van der Waals surface area (Å²) in [5, 5.41) is 0. The van der Waals surface area contributed by atoms with Crippen LogP contribution in [0.3, 0.4) is 0 Å². The molecule has 0 spiro atoms. The molecule has 0 heterocycles. The van der Waals surface area contributed by atoms with Crippen molar-refractivity contribution < 1.29 is 14.3 Å². The highest BCUT2D eigenvalue weighted by Gasteiger charge is 2.00. The highest BCUT2D eigenvalue weighted by molar-refractivity contribution is 5.69. The maximum atomic E-state index is 10.9. The Labute approximate surface area is 74.0 Å². The van der Waals surface area contributed by atoms with Gasteiger partial charge in [0.05, 0.1) is 19.6 Å². The topological polar surface area (TPSA) is 35.5 Å². The summed E-state index contributed by atoms with van der Waals surface area (Å²) < 4.78 is 9.92. The van der Waals surface area contributed by atoms with E-state index >= 15 is 0 Å². The number of rotatable bonds is 7. The molecule has 0 aromatic carbocycles. The molecule has 0 aromatic heterocycles. The summed E-state index contributed by atoms with van der Waals surface area (Å²) in [6.45, 7) is 5.64. The molecule has 0 saturated heterocycles. The van der Waals surface area contributed by atoms with E-state index in [0.29, 0.717) is 26.2 Å². The van der Waals surface area contributed by atoms with Crippen LogP contribution in [-0.4, -0.2) is 25.8 Å². The lowest BCUT2D eigenvalue weighted by Crippen LogP contribution is -2.09. The van der Waals surface area contributed by atoms with Crippen molar-refractivity contribution >= 4 is 5.97 Å². The molecule has 72 valence electrons. The second kappa shape index (κ2) is 8.53.